The summed E-state index contributed by atoms with van der Waals surface area (Å²) < 4.78 is -1.10. The van der Waals surface area contributed by atoms with Crippen LogP contribution >= 0.6 is 23.2 Å². The Hall–Kier alpha value is -0.0100. The Balaban J connectivity index is 2.29. The molecule has 2 aliphatic rings. The van der Waals surface area contributed by atoms with Gasteiger partial charge in [0.2, 0.25) is 0 Å². The maximum absolute atomic E-state index is 11.1. The highest BCUT2D eigenvalue weighted by atomic mass is 35.5. The molecule has 0 spiro atoms. The van der Waals surface area contributed by atoms with Crippen molar-refractivity contribution in [3.8, 4) is 0 Å². The number of carbonyl (C=O) groups excluding carboxylic acids is 1. The minimum atomic E-state index is -1.10. The van der Waals surface area contributed by atoms with Gasteiger partial charge in [-0.3, -0.25) is 4.79 Å². The highest BCUT2D eigenvalue weighted by Gasteiger charge is 2.60. The molecule has 2 atom stereocenters. The monoisotopic (exact) mass is 176 g/mol. The second-order valence-electron chi connectivity index (χ2n) is 2.78. The average Bonchev–Trinajstić information content (AvgIpc) is 2.31. The third kappa shape index (κ3) is 0.578. The molecular weight excluding hydrogens is 171 g/mol. The maximum Gasteiger partial charge on any atom is 0.183 e. The van der Waals surface area contributed by atoms with Crippen molar-refractivity contribution < 1.29 is 4.79 Å². The van der Waals surface area contributed by atoms with E-state index in [9.17, 15) is 4.79 Å². The van der Waals surface area contributed by atoms with Gasteiger partial charge in [0.25, 0.3) is 0 Å². The van der Waals surface area contributed by atoms with Gasteiger partial charge in [-0.15, -0.1) is 0 Å². The van der Waals surface area contributed by atoms with E-state index in [4.69, 9.17) is 23.2 Å². The molecule has 0 radical (unpaired) electrons. The summed E-state index contributed by atoms with van der Waals surface area (Å²) in [5.74, 6) is 0.171. The molecule has 0 aromatic carbocycles. The molecule has 0 amide bonds. The predicted octanol–water partition coefficient (Wildman–Crippen LogP) is 1.94. The van der Waals surface area contributed by atoms with Crippen LogP contribution in [0.3, 0.4) is 0 Å². The van der Waals surface area contributed by atoms with Gasteiger partial charge < -0.3 is 0 Å². The van der Waals surface area contributed by atoms with Crippen molar-refractivity contribution in [3.05, 3.63) is 12.2 Å². The highest BCUT2D eigenvalue weighted by molar-refractivity contribution is 6.61. The van der Waals surface area contributed by atoms with Crippen LogP contribution in [0, 0.1) is 11.8 Å². The van der Waals surface area contributed by atoms with Gasteiger partial charge in [0.1, 0.15) is 0 Å². The molecule has 10 heavy (non-hydrogen) atoms. The van der Waals surface area contributed by atoms with Crippen LogP contribution in [0.1, 0.15) is 6.42 Å². The number of ketones is 1. The molecule has 0 bridgehead atoms. The lowest BCUT2D eigenvalue weighted by Gasteiger charge is -2.40. The van der Waals surface area contributed by atoms with E-state index in [0.717, 1.165) is 6.42 Å². The summed E-state index contributed by atoms with van der Waals surface area (Å²) in [6.45, 7) is 0. The number of hydrogen-bond acceptors (Lipinski definition) is 1. The first-order chi connectivity index (χ1) is 4.64. The summed E-state index contributed by atoms with van der Waals surface area (Å²) in [6, 6.07) is 0. The van der Waals surface area contributed by atoms with E-state index in [0.29, 0.717) is 0 Å². The van der Waals surface area contributed by atoms with E-state index in [-0.39, 0.29) is 17.6 Å². The van der Waals surface area contributed by atoms with E-state index in [1.807, 2.05) is 12.2 Å². The number of fused-ring (bicyclic) bond motifs is 1. The Kier molecular flexibility index (Phi) is 1.19. The van der Waals surface area contributed by atoms with Crippen LogP contribution in [0.25, 0.3) is 0 Å². The molecular formula is C7H6Cl2O. The van der Waals surface area contributed by atoms with Gasteiger partial charge in [0.05, 0.1) is 0 Å². The van der Waals surface area contributed by atoms with E-state index < -0.39 is 4.33 Å². The highest BCUT2D eigenvalue weighted by Crippen LogP contribution is 2.53. The van der Waals surface area contributed by atoms with Gasteiger partial charge in [-0.05, 0) is 6.42 Å². The fraction of sp³-hybridized carbons (Fsp3) is 0.571. The van der Waals surface area contributed by atoms with Crippen molar-refractivity contribution in [1.29, 1.82) is 0 Å². The molecule has 1 fully saturated rings. The summed E-state index contributed by atoms with van der Waals surface area (Å²) in [6.07, 6.45) is 4.73. The van der Waals surface area contributed by atoms with Crippen LogP contribution in [-0.2, 0) is 4.79 Å². The zero-order chi connectivity index (χ0) is 7.35. The van der Waals surface area contributed by atoms with Gasteiger partial charge in [-0.2, -0.15) is 0 Å². The quantitative estimate of drug-likeness (QED) is 0.408. The SMILES string of the molecule is O=C1[C@@H]2CC=C[C@H]2C1(Cl)Cl. The van der Waals surface area contributed by atoms with Crippen LogP contribution in [0.15, 0.2) is 12.2 Å². The second kappa shape index (κ2) is 1.77. The first-order valence-electron chi connectivity index (χ1n) is 3.23. The third-order valence-corrected chi connectivity index (χ3v) is 3.13. The lowest BCUT2D eigenvalue weighted by molar-refractivity contribution is -0.132. The van der Waals surface area contributed by atoms with Crippen molar-refractivity contribution in [2.24, 2.45) is 11.8 Å². The number of alkyl halides is 2. The van der Waals surface area contributed by atoms with Crippen LogP contribution in [0.5, 0.6) is 0 Å². The van der Waals surface area contributed by atoms with Crippen LogP contribution in [0.2, 0.25) is 0 Å². The number of halogens is 2. The fourth-order valence-corrected chi connectivity index (χ4v) is 2.34. The number of carbonyl (C=O) groups is 1. The Bertz CT molecular complexity index is 220. The summed E-state index contributed by atoms with van der Waals surface area (Å²) in [7, 11) is 0. The smallest absolute Gasteiger partial charge is 0.183 e. The van der Waals surface area contributed by atoms with Gasteiger partial charge in [-0.1, -0.05) is 35.4 Å². The number of allylic oxidation sites excluding steroid dienone is 2. The van der Waals surface area contributed by atoms with Gasteiger partial charge in [0.15, 0.2) is 10.1 Å². The van der Waals surface area contributed by atoms with Gasteiger partial charge in [0, 0.05) is 11.8 Å². The Morgan fingerprint density at radius 3 is 2.90 bits per heavy atom. The number of rotatable bonds is 0. The maximum atomic E-state index is 11.1. The molecule has 2 rings (SSSR count). The fourth-order valence-electron chi connectivity index (χ4n) is 1.61. The van der Waals surface area contributed by atoms with Gasteiger partial charge >= 0.3 is 0 Å². The Morgan fingerprint density at radius 1 is 1.60 bits per heavy atom. The molecule has 0 N–H and O–H groups in total. The first kappa shape index (κ1) is 6.68. The molecule has 0 aliphatic heterocycles. The molecule has 1 nitrogen and oxygen atoms in total. The standard InChI is InChI=1S/C7H6Cl2O/c8-7(9)5-3-1-2-4(5)6(7)10/h1,3-5H,2H2/t4-,5-/m1/s1. The van der Waals surface area contributed by atoms with Crippen LogP contribution < -0.4 is 0 Å². The zero-order valence-electron chi connectivity index (χ0n) is 5.18. The third-order valence-electron chi connectivity index (χ3n) is 2.25. The minimum absolute atomic E-state index is 0.00849. The largest absolute Gasteiger partial charge is 0.296 e. The van der Waals surface area contributed by atoms with Crippen LogP contribution in [0.4, 0.5) is 0 Å². The molecule has 3 heteroatoms. The summed E-state index contributed by atoms with van der Waals surface area (Å²) in [5, 5.41) is 0. The van der Waals surface area contributed by atoms with Crippen molar-refractivity contribution in [2.75, 3.05) is 0 Å². The molecule has 1 saturated carbocycles. The summed E-state index contributed by atoms with van der Waals surface area (Å²) in [5.41, 5.74) is 0. The zero-order valence-corrected chi connectivity index (χ0v) is 6.69. The van der Waals surface area contributed by atoms with E-state index >= 15 is 0 Å². The van der Waals surface area contributed by atoms with E-state index in [2.05, 4.69) is 0 Å². The predicted molar refractivity (Wildman–Crippen MR) is 40.2 cm³/mol. The van der Waals surface area contributed by atoms with Crippen LogP contribution in [-0.4, -0.2) is 10.1 Å². The minimum Gasteiger partial charge on any atom is -0.296 e. The molecule has 0 saturated heterocycles. The number of Topliss-reactive ketones (excluding diaryl/α,β-unsaturated/α-hetero) is 1. The lowest BCUT2D eigenvalue weighted by Crippen LogP contribution is -2.53. The summed E-state index contributed by atoms with van der Waals surface area (Å²) >= 11 is 11.4. The normalized spacial score (nSPS) is 41.2. The van der Waals surface area contributed by atoms with Crippen molar-refractivity contribution in [1.82, 2.24) is 0 Å². The Morgan fingerprint density at radius 2 is 2.30 bits per heavy atom. The van der Waals surface area contributed by atoms with Crippen molar-refractivity contribution in [3.63, 3.8) is 0 Å². The molecule has 0 unspecified atom stereocenters. The molecule has 54 valence electrons. The average molecular weight is 177 g/mol. The molecule has 0 heterocycles. The Labute approximate surface area is 69.0 Å². The van der Waals surface area contributed by atoms with E-state index in [1.165, 1.54) is 0 Å². The van der Waals surface area contributed by atoms with Crippen molar-refractivity contribution >= 4 is 29.0 Å². The lowest BCUT2D eigenvalue weighted by atomic mass is 9.73. The molecule has 2 aliphatic carbocycles. The summed E-state index contributed by atoms with van der Waals surface area (Å²) in [4.78, 5) is 11.1. The number of hydrogen-bond donors (Lipinski definition) is 0. The van der Waals surface area contributed by atoms with Gasteiger partial charge in [-0.25, -0.2) is 0 Å². The first-order valence-corrected chi connectivity index (χ1v) is 3.98. The molecule has 0 aromatic rings. The topological polar surface area (TPSA) is 17.1 Å². The van der Waals surface area contributed by atoms with Crippen molar-refractivity contribution in [2.45, 2.75) is 10.8 Å². The second-order valence-corrected chi connectivity index (χ2v) is 4.17. The van der Waals surface area contributed by atoms with E-state index in [1.54, 1.807) is 0 Å². The molecule has 0 aromatic heterocycles.